The van der Waals surface area contributed by atoms with Gasteiger partial charge in [-0.1, -0.05) is 48.0 Å². The summed E-state index contributed by atoms with van der Waals surface area (Å²) < 4.78 is 0. The molecule has 0 aliphatic carbocycles. The lowest BCUT2D eigenvalue weighted by atomic mass is 9.84. The second kappa shape index (κ2) is 13.1. The molecule has 0 aliphatic rings. The zero-order valence-corrected chi connectivity index (χ0v) is 21.0. The van der Waals surface area contributed by atoms with Crippen LogP contribution < -0.4 is 9.80 Å². The van der Waals surface area contributed by atoms with Crippen LogP contribution in [-0.4, -0.2) is 73.0 Å². The first kappa shape index (κ1) is 27.3. The van der Waals surface area contributed by atoms with E-state index in [0.29, 0.717) is 31.2 Å². The number of nitrogens with zero attached hydrogens (tertiary/aromatic N) is 2. The Morgan fingerprint density at radius 1 is 0.514 bits per heavy atom. The van der Waals surface area contributed by atoms with Crippen LogP contribution in [0.5, 0.6) is 0 Å². The largest absolute Gasteiger partial charge is 0.395 e. The maximum Gasteiger partial charge on any atom is 0.119 e. The average Bonchev–Trinajstić information content (AvgIpc) is 2.89. The van der Waals surface area contributed by atoms with Gasteiger partial charge in [-0.05, 0) is 53.1 Å². The second-order valence-electron chi connectivity index (χ2n) is 8.13. The molecule has 0 bridgehead atoms. The molecular formula is C27H32Cl2N2O4. The summed E-state index contributed by atoms with van der Waals surface area (Å²) >= 11 is 13.6. The molecule has 0 radical (unpaired) electrons. The van der Waals surface area contributed by atoms with Crippen LogP contribution in [0.15, 0.2) is 72.8 Å². The van der Waals surface area contributed by atoms with Crippen LogP contribution in [-0.2, 0) is 4.87 Å². The van der Waals surface area contributed by atoms with Crippen LogP contribution >= 0.6 is 23.2 Å². The highest BCUT2D eigenvalue weighted by Crippen LogP contribution is 2.44. The van der Waals surface area contributed by atoms with Crippen molar-refractivity contribution in [2.45, 2.75) is 4.87 Å². The van der Waals surface area contributed by atoms with E-state index >= 15 is 0 Å². The van der Waals surface area contributed by atoms with Crippen LogP contribution in [0.3, 0.4) is 0 Å². The lowest BCUT2D eigenvalue weighted by molar-refractivity contribution is 0.280. The Hall–Kier alpha value is -2.32. The van der Waals surface area contributed by atoms with Gasteiger partial charge in [0.05, 0.1) is 26.4 Å². The maximum atomic E-state index is 9.37. The van der Waals surface area contributed by atoms with E-state index in [1.807, 2.05) is 82.6 Å². The summed E-state index contributed by atoms with van der Waals surface area (Å²) in [6.45, 7) is 1.63. The zero-order chi connectivity index (χ0) is 25.3. The number of rotatable bonds is 13. The van der Waals surface area contributed by atoms with Gasteiger partial charge in [-0.15, -0.1) is 11.6 Å². The van der Waals surface area contributed by atoms with E-state index in [9.17, 15) is 20.4 Å². The Labute approximate surface area is 216 Å². The zero-order valence-electron chi connectivity index (χ0n) is 19.5. The molecule has 0 aliphatic heterocycles. The van der Waals surface area contributed by atoms with Gasteiger partial charge in [0, 0.05) is 42.6 Å². The number of aliphatic hydroxyl groups is 4. The third kappa shape index (κ3) is 6.47. The minimum Gasteiger partial charge on any atom is -0.395 e. The Morgan fingerprint density at radius 2 is 0.800 bits per heavy atom. The highest BCUT2D eigenvalue weighted by molar-refractivity contribution is 6.31. The lowest BCUT2D eigenvalue weighted by Crippen LogP contribution is -2.30. The Kier molecular flexibility index (Phi) is 10.2. The first-order valence-electron chi connectivity index (χ1n) is 11.6. The van der Waals surface area contributed by atoms with Crippen LogP contribution in [0.2, 0.25) is 5.02 Å². The number of alkyl halides is 1. The number of hydrogen-bond acceptors (Lipinski definition) is 6. The van der Waals surface area contributed by atoms with Gasteiger partial charge >= 0.3 is 0 Å². The summed E-state index contributed by atoms with van der Waals surface area (Å²) in [6, 6.07) is 23.0. The van der Waals surface area contributed by atoms with Gasteiger partial charge in [0.2, 0.25) is 0 Å². The van der Waals surface area contributed by atoms with Crippen molar-refractivity contribution in [3.05, 3.63) is 94.5 Å². The highest BCUT2D eigenvalue weighted by Gasteiger charge is 2.34. The summed E-state index contributed by atoms with van der Waals surface area (Å²) in [4.78, 5) is 2.82. The van der Waals surface area contributed by atoms with E-state index in [1.165, 1.54) is 0 Å². The average molecular weight is 519 g/mol. The lowest BCUT2D eigenvalue weighted by Gasteiger charge is -2.31. The SMILES string of the molecule is OCCN(CCO)c1ccc(C(Cl)(c2ccc(Cl)cc2)c2ccc(N(CCO)CCO)cc2)cc1. The molecule has 0 saturated heterocycles. The number of anilines is 2. The predicted octanol–water partition coefficient (Wildman–Crippen LogP) is 3.45. The predicted molar refractivity (Wildman–Crippen MR) is 143 cm³/mol. The topological polar surface area (TPSA) is 87.4 Å². The Balaban J connectivity index is 2.04. The molecule has 3 aromatic carbocycles. The minimum absolute atomic E-state index is 0.0120. The van der Waals surface area contributed by atoms with E-state index in [2.05, 4.69) is 0 Å². The van der Waals surface area contributed by atoms with E-state index in [4.69, 9.17) is 23.2 Å². The monoisotopic (exact) mass is 518 g/mol. The summed E-state index contributed by atoms with van der Waals surface area (Å²) in [5.74, 6) is 0. The first-order valence-corrected chi connectivity index (χ1v) is 12.3. The summed E-state index contributed by atoms with van der Waals surface area (Å²) in [7, 11) is 0. The number of halogens is 2. The van der Waals surface area contributed by atoms with Gasteiger partial charge in [-0.2, -0.15) is 0 Å². The molecule has 0 unspecified atom stereocenters. The molecule has 6 nitrogen and oxygen atoms in total. The minimum atomic E-state index is -1.00. The van der Waals surface area contributed by atoms with Crippen molar-refractivity contribution in [3.8, 4) is 0 Å². The molecule has 0 amide bonds. The van der Waals surface area contributed by atoms with E-state index in [-0.39, 0.29) is 26.4 Å². The third-order valence-corrected chi connectivity index (χ3v) is 6.89. The standard InChI is InChI=1S/C27H32Cl2N2O4/c28-24-7-1-21(2-8-24)27(29,22-3-9-25(10-4-22)30(13-17-32)14-18-33)23-5-11-26(12-6-23)31(15-19-34)16-20-35/h1-12,32-35H,13-20H2. The van der Waals surface area contributed by atoms with Crippen molar-refractivity contribution >= 4 is 34.6 Å². The summed E-state index contributed by atoms with van der Waals surface area (Å²) in [6.07, 6.45) is 0. The highest BCUT2D eigenvalue weighted by atomic mass is 35.5. The summed E-state index contributed by atoms with van der Waals surface area (Å²) in [5, 5.41) is 38.1. The van der Waals surface area contributed by atoms with Crippen molar-refractivity contribution in [1.29, 1.82) is 0 Å². The van der Waals surface area contributed by atoms with Crippen molar-refractivity contribution in [3.63, 3.8) is 0 Å². The molecule has 0 heterocycles. The fraction of sp³-hybridized carbons (Fsp3) is 0.333. The van der Waals surface area contributed by atoms with Crippen LogP contribution in [0.1, 0.15) is 16.7 Å². The van der Waals surface area contributed by atoms with Crippen LogP contribution in [0, 0.1) is 0 Å². The molecule has 3 aromatic rings. The van der Waals surface area contributed by atoms with Crippen molar-refractivity contribution in [2.24, 2.45) is 0 Å². The van der Waals surface area contributed by atoms with Gasteiger partial charge in [-0.25, -0.2) is 0 Å². The Morgan fingerprint density at radius 3 is 1.09 bits per heavy atom. The fourth-order valence-electron chi connectivity index (χ4n) is 4.21. The molecule has 188 valence electrons. The molecule has 0 aromatic heterocycles. The van der Waals surface area contributed by atoms with Gasteiger partial charge < -0.3 is 30.2 Å². The molecule has 0 spiro atoms. The molecule has 8 heteroatoms. The van der Waals surface area contributed by atoms with Gasteiger partial charge in [0.1, 0.15) is 4.87 Å². The number of aliphatic hydroxyl groups excluding tert-OH is 4. The van der Waals surface area contributed by atoms with Gasteiger partial charge in [0.15, 0.2) is 0 Å². The third-order valence-electron chi connectivity index (χ3n) is 5.98. The Bertz CT molecular complexity index is 959. The molecule has 0 saturated carbocycles. The van der Waals surface area contributed by atoms with Crippen molar-refractivity contribution < 1.29 is 20.4 Å². The van der Waals surface area contributed by atoms with Crippen molar-refractivity contribution in [2.75, 3.05) is 62.4 Å². The fourth-order valence-corrected chi connectivity index (χ4v) is 4.71. The second-order valence-corrected chi connectivity index (χ2v) is 9.13. The molecule has 0 fully saturated rings. The van der Waals surface area contributed by atoms with Gasteiger partial charge in [0.25, 0.3) is 0 Å². The van der Waals surface area contributed by atoms with Crippen LogP contribution in [0.4, 0.5) is 11.4 Å². The maximum absolute atomic E-state index is 9.37. The number of hydrogen-bond donors (Lipinski definition) is 4. The van der Waals surface area contributed by atoms with E-state index in [1.54, 1.807) is 0 Å². The van der Waals surface area contributed by atoms with E-state index < -0.39 is 4.87 Å². The molecule has 3 rings (SSSR count). The van der Waals surface area contributed by atoms with E-state index in [0.717, 1.165) is 28.1 Å². The molecular weight excluding hydrogens is 487 g/mol. The number of benzene rings is 3. The summed E-state index contributed by atoms with van der Waals surface area (Å²) in [5.41, 5.74) is 4.33. The smallest absolute Gasteiger partial charge is 0.119 e. The first-order chi connectivity index (χ1) is 17.0. The quantitative estimate of drug-likeness (QED) is 0.205. The molecule has 0 atom stereocenters. The molecule has 35 heavy (non-hydrogen) atoms. The van der Waals surface area contributed by atoms with Crippen LogP contribution in [0.25, 0.3) is 0 Å². The molecule has 4 N–H and O–H groups in total. The van der Waals surface area contributed by atoms with Crippen molar-refractivity contribution in [1.82, 2.24) is 0 Å². The normalized spacial score (nSPS) is 11.5. The van der Waals surface area contributed by atoms with Gasteiger partial charge in [-0.3, -0.25) is 0 Å².